The Morgan fingerprint density at radius 3 is 3.15 bits per heavy atom. The summed E-state index contributed by atoms with van der Waals surface area (Å²) in [6.45, 7) is 0. The standard InChI is InChI=1S/C8H11N3OS/c1-10-7(12)5-13-8-4-6(9)2-3-11-8/h2-4H,5H2,1H3,(H2,9,11)(H,10,12). The van der Waals surface area contributed by atoms with Crippen molar-refractivity contribution in [3.63, 3.8) is 0 Å². The highest BCUT2D eigenvalue weighted by atomic mass is 32.2. The van der Waals surface area contributed by atoms with Crippen molar-refractivity contribution in [3.05, 3.63) is 18.3 Å². The Labute approximate surface area is 80.9 Å². The average molecular weight is 197 g/mol. The summed E-state index contributed by atoms with van der Waals surface area (Å²) >= 11 is 1.36. The number of nitrogens with zero attached hydrogens (tertiary/aromatic N) is 1. The van der Waals surface area contributed by atoms with Crippen LogP contribution in [-0.4, -0.2) is 23.7 Å². The Bertz CT molecular complexity index is 303. The van der Waals surface area contributed by atoms with Crippen molar-refractivity contribution in [1.29, 1.82) is 0 Å². The SMILES string of the molecule is CNC(=O)CSc1cc(N)ccn1. The highest BCUT2D eigenvalue weighted by molar-refractivity contribution is 7.99. The molecule has 1 rings (SSSR count). The molecule has 0 spiro atoms. The van der Waals surface area contributed by atoms with Crippen molar-refractivity contribution >= 4 is 23.4 Å². The molecule has 0 aliphatic heterocycles. The summed E-state index contributed by atoms with van der Waals surface area (Å²) < 4.78 is 0. The summed E-state index contributed by atoms with van der Waals surface area (Å²) in [7, 11) is 1.61. The van der Waals surface area contributed by atoms with Gasteiger partial charge in [-0.05, 0) is 12.1 Å². The fraction of sp³-hybridized carbons (Fsp3) is 0.250. The zero-order chi connectivity index (χ0) is 9.68. The highest BCUT2D eigenvalue weighted by Crippen LogP contribution is 2.16. The van der Waals surface area contributed by atoms with E-state index in [4.69, 9.17) is 5.73 Å². The number of thioether (sulfide) groups is 1. The lowest BCUT2D eigenvalue weighted by molar-refractivity contribution is -0.118. The van der Waals surface area contributed by atoms with Gasteiger partial charge < -0.3 is 11.1 Å². The third kappa shape index (κ3) is 3.33. The quantitative estimate of drug-likeness (QED) is 0.692. The molecule has 1 amide bonds. The smallest absolute Gasteiger partial charge is 0.230 e. The minimum Gasteiger partial charge on any atom is -0.399 e. The fourth-order valence-corrected chi connectivity index (χ4v) is 1.49. The molecule has 0 bridgehead atoms. The number of anilines is 1. The van der Waals surface area contributed by atoms with Crippen LogP contribution in [0.5, 0.6) is 0 Å². The lowest BCUT2D eigenvalue weighted by atomic mass is 10.4. The first-order valence-corrected chi connectivity index (χ1v) is 4.76. The topological polar surface area (TPSA) is 68.0 Å². The van der Waals surface area contributed by atoms with Crippen LogP contribution in [0.2, 0.25) is 0 Å². The zero-order valence-electron chi connectivity index (χ0n) is 7.28. The number of carbonyl (C=O) groups excluding carboxylic acids is 1. The highest BCUT2D eigenvalue weighted by Gasteiger charge is 2.00. The van der Waals surface area contributed by atoms with Crippen LogP contribution in [0.25, 0.3) is 0 Å². The van der Waals surface area contributed by atoms with E-state index in [1.165, 1.54) is 11.8 Å². The molecule has 0 atom stereocenters. The third-order valence-electron chi connectivity index (χ3n) is 1.39. The van der Waals surface area contributed by atoms with E-state index in [2.05, 4.69) is 10.3 Å². The lowest BCUT2D eigenvalue weighted by Crippen LogP contribution is -2.19. The van der Waals surface area contributed by atoms with Gasteiger partial charge in [0.05, 0.1) is 10.8 Å². The van der Waals surface area contributed by atoms with Crippen molar-refractivity contribution < 1.29 is 4.79 Å². The van der Waals surface area contributed by atoms with Gasteiger partial charge in [-0.15, -0.1) is 0 Å². The second-order valence-electron chi connectivity index (χ2n) is 2.39. The predicted octanol–water partition coefficient (Wildman–Crippen LogP) is 0.502. The number of carbonyl (C=O) groups is 1. The van der Waals surface area contributed by atoms with Crippen LogP contribution in [0, 0.1) is 0 Å². The molecule has 1 aromatic heterocycles. The van der Waals surface area contributed by atoms with Crippen LogP contribution in [0.4, 0.5) is 5.69 Å². The maximum absolute atomic E-state index is 10.9. The van der Waals surface area contributed by atoms with Gasteiger partial charge in [-0.1, -0.05) is 11.8 Å². The van der Waals surface area contributed by atoms with Crippen molar-refractivity contribution in [2.45, 2.75) is 5.03 Å². The summed E-state index contributed by atoms with van der Waals surface area (Å²) in [5.41, 5.74) is 6.21. The molecule has 1 heterocycles. The van der Waals surface area contributed by atoms with Gasteiger partial charge >= 0.3 is 0 Å². The molecule has 0 unspecified atom stereocenters. The second kappa shape index (κ2) is 4.71. The van der Waals surface area contributed by atoms with E-state index < -0.39 is 0 Å². The first-order chi connectivity index (χ1) is 6.22. The minimum absolute atomic E-state index is 0.0192. The summed E-state index contributed by atoms with van der Waals surface area (Å²) in [5, 5.41) is 3.30. The molecule has 1 aromatic rings. The number of nitrogen functional groups attached to an aromatic ring is 1. The number of nitrogens with two attached hydrogens (primary N) is 1. The maximum Gasteiger partial charge on any atom is 0.230 e. The molecule has 0 aliphatic rings. The van der Waals surface area contributed by atoms with Crippen LogP contribution >= 0.6 is 11.8 Å². The lowest BCUT2D eigenvalue weighted by Gasteiger charge is -2.00. The minimum atomic E-state index is -0.0192. The summed E-state index contributed by atoms with van der Waals surface area (Å²) in [5.74, 6) is 0.349. The molecular formula is C8H11N3OS. The number of amides is 1. The molecule has 0 aliphatic carbocycles. The summed E-state index contributed by atoms with van der Waals surface area (Å²) in [6.07, 6.45) is 1.63. The first kappa shape index (κ1) is 9.85. The van der Waals surface area contributed by atoms with Gasteiger partial charge in [0.15, 0.2) is 0 Å². The van der Waals surface area contributed by atoms with E-state index in [1.807, 2.05) is 0 Å². The summed E-state index contributed by atoms with van der Waals surface area (Å²) in [4.78, 5) is 14.9. The number of hydrogen-bond acceptors (Lipinski definition) is 4. The Hall–Kier alpha value is -1.23. The van der Waals surface area contributed by atoms with Crippen LogP contribution in [-0.2, 0) is 4.79 Å². The van der Waals surface area contributed by atoms with Crippen LogP contribution in [0.15, 0.2) is 23.4 Å². The van der Waals surface area contributed by atoms with Gasteiger partial charge in [0, 0.05) is 18.9 Å². The molecular weight excluding hydrogens is 186 g/mol. The molecule has 0 aromatic carbocycles. The Balaban J connectivity index is 2.50. The van der Waals surface area contributed by atoms with Crippen LogP contribution in [0.1, 0.15) is 0 Å². The van der Waals surface area contributed by atoms with Gasteiger partial charge in [-0.25, -0.2) is 4.98 Å². The number of aromatic nitrogens is 1. The van der Waals surface area contributed by atoms with Gasteiger partial charge in [-0.3, -0.25) is 4.79 Å². The first-order valence-electron chi connectivity index (χ1n) is 3.77. The number of pyridine rings is 1. The second-order valence-corrected chi connectivity index (χ2v) is 3.38. The molecule has 5 heteroatoms. The maximum atomic E-state index is 10.9. The van der Waals surface area contributed by atoms with Crippen molar-refractivity contribution in [2.75, 3.05) is 18.5 Å². The number of rotatable bonds is 3. The van der Waals surface area contributed by atoms with Crippen molar-refractivity contribution in [1.82, 2.24) is 10.3 Å². The Kier molecular flexibility index (Phi) is 3.57. The predicted molar refractivity (Wildman–Crippen MR) is 53.4 cm³/mol. The average Bonchev–Trinajstić information content (AvgIpc) is 2.14. The van der Waals surface area contributed by atoms with E-state index in [0.29, 0.717) is 11.4 Å². The normalized spacial score (nSPS) is 9.62. The molecule has 0 saturated heterocycles. The van der Waals surface area contributed by atoms with E-state index in [1.54, 1.807) is 25.4 Å². The largest absolute Gasteiger partial charge is 0.399 e. The molecule has 0 saturated carbocycles. The van der Waals surface area contributed by atoms with Gasteiger partial charge in [-0.2, -0.15) is 0 Å². The van der Waals surface area contributed by atoms with Crippen LogP contribution < -0.4 is 11.1 Å². The number of nitrogens with one attached hydrogen (secondary N) is 1. The van der Waals surface area contributed by atoms with E-state index >= 15 is 0 Å². The third-order valence-corrected chi connectivity index (χ3v) is 2.31. The Morgan fingerprint density at radius 2 is 2.54 bits per heavy atom. The zero-order valence-corrected chi connectivity index (χ0v) is 8.10. The van der Waals surface area contributed by atoms with Gasteiger partial charge in [0.25, 0.3) is 0 Å². The molecule has 13 heavy (non-hydrogen) atoms. The molecule has 0 fully saturated rings. The molecule has 70 valence electrons. The van der Waals surface area contributed by atoms with Crippen LogP contribution in [0.3, 0.4) is 0 Å². The van der Waals surface area contributed by atoms with Crippen molar-refractivity contribution in [2.24, 2.45) is 0 Å². The molecule has 4 nitrogen and oxygen atoms in total. The monoisotopic (exact) mass is 197 g/mol. The Morgan fingerprint density at radius 1 is 1.77 bits per heavy atom. The van der Waals surface area contributed by atoms with E-state index in [-0.39, 0.29) is 5.91 Å². The molecule has 0 radical (unpaired) electrons. The fourth-order valence-electron chi connectivity index (χ4n) is 0.715. The van der Waals surface area contributed by atoms with E-state index in [0.717, 1.165) is 5.03 Å². The summed E-state index contributed by atoms with van der Waals surface area (Å²) in [6, 6.07) is 3.46. The van der Waals surface area contributed by atoms with E-state index in [9.17, 15) is 4.79 Å². The van der Waals surface area contributed by atoms with Gasteiger partial charge in [0.1, 0.15) is 0 Å². The van der Waals surface area contributed by atoms with Crippen molar-refractivity contribution in [3.8, 4) is 0 Å². The van der Waals surface area contributed by atoms with Gasteiger partial charge in [0.2, 0.25) is 5.91 Å². The number of hydrogen-bond donors (Lipinski definition) is 2. The molecule has 3 N–H and O–H groups in total.